The summed E-state index contributed by atoms with van der Waals surface area (Å²) >= 11 is 1.67. The number of nitrogens with zero attached hydrogens (tertiary/aromatic N) is 1. The average Bonchev–Trinajstić information content (AvgIpc) is 2.76. The summed E-state index contributed by atoms with van der Waals surface area (Å²) in [6, 6.07) is 1.79. The maximum absolute atomic E-state index is 12.3. The molecule has 0 aliphatic rings. The Morgan fingerprint density at radius 3 is 2.45 bits per heavy atom. The van der Waals surface area contributed by atoms with Gasteiger partial charge in [-0.1, -0.05) is 39.8 Å². The number of thioether (sulfide) groups is 1. The summed E-state index contributed by atoms with van der Waals surface area (Å²) in [5, 5.41) is 7.26. The Hall–Kier alpha value is -0.970. The van der Waals surface area contributed by atoms with Crippen LogP contribution in [0.15, 0.2) is 10.6 Å². The van der Waals surface area contributed by atoms with E-state index in [1.165, 1.54) is 0 Å². The number of aromatic nitrogens is 1. The fraction of sp³-hybridized carbons (Fsp3) is 0.733. The molecule has 1 atom stereocenters. The van der Waals surface area contributed by atoms with Crippen molar-refractivity contribution in [2.24, 2.45) is 0 Å². The zero-order valence-electron chi connectivity index (χ0n) is 13.5. The van der Waals surface area contributed by atoms with Crippen LogP contribution >= 0.6 is 11.8 Å². The SMILES string of the molecule is CCC(C)SC(C)(C)C(=O)Nc1cc(C(C)(C)C)no1. The maximum Gasteiger partial charge on any atom is 0.242 e. The van der Waals surface area contributed by atoms with Crippen LogP contribution in [0.3, 0.4) is 0 Å². The van der Waals surface area contributed by atoms with Gasteiger partial charge in [0.1, 0.15) is 0 Å². The molecule has 0 radical (unpaired) electrons. The topological polar surface area (TPSA) is 55.1 Å². The summed E-state index contributed by atoms with van der Waals surface area (Å²) in [7, 11) is 0. The smallest absolute Gasteiger partial charge is 0.242 e. The molecule has 0 saturated heterocycles. The number of carbonyl (C=O) groups excluding carboxylic acids is 1. The van der Waals surface area contributed by atoms with E-state index in [9.17, 15) is 4.79 Å². The molecule has 1 aromatic rings. The van der Waals surface area contributed by atoms with Gasteiger partial charge >= 0.3 is 0 Å². The molecule has 0 aliphatic heterocycles. The standard InChI is InChI=1S/C15H26N2O2S/c1-8-10(2)20-15(6,7)13(18)16-12-9-11(17-19-12)14(3,4)5/h9-10H,8H2,1-7H3,(H,16,18). The quantitative estimate of drug-likeness (QED) is 0.884. The van der Waals surface area contributed by atoms with Crippen molar-refractivity contribution in [2.75, 3.05) is 5.32 Å². The normalized spacial score (nSPS) is 14.2. The third kappa shape index (κ3) is 4.54. The summed E-state index contributed by atoms with van der Waals surface area (Å²) in [4.78, 5) is 12.3. The number of anilines is 1. The highest BCUT2D eigenvalue weighted by atomic mass is 32.2. The highest BCUT2D eigenvalue weighted by Gasteiger charge is 2.31. The molecule has 0 fully saturated rings. The molecule has 1 aromatic heterocycles. The van der Waals surface area contributed by atoms with E-state index in [0.717, 1.165) is 12.1 Å². The van der Waals surface area contributed by atoms with E-state index >= 15 is 0 Å². The van der Waals surface area contributed by atoms with Crippen molar-refractivity contribution < 1.29 is 9.32 Å². The molecule has 0 aliphatic carbocycles. The Morgan fingerprint density at radius 2 is 2.00 bits per heavy atom. The molecule has 1 unspecified atom stereocenters. The lowest BCUT2D eigenvalue weighted by molar-refractivity contribution is -0.117. The number of amides is 1. The van der Waals surface area contributed by atoms with Crippen molar-refractivity contribution in [1.29, 1.82) is 0 Å². The van der Waals surface area contributed by atoms with Crippen molar-refractivity contribution in [1.82, 2.24) is 5.16 Å². The van der Waals surface area contributed by atoms with E-state index in [-0.39, 0.29) is 11.3 Å². The van der Waals surface area contributed by atoms with Gasteiger partial charge in [0.25, 0.3) is 0 Å². The zero-order valence-corrected chi connectivity index (χ0v) is 14.4. The molecular formula is C15H26N2O2S. The molecular weight excluding hydrogens is 272 g/mol. The fourth-order valence-electron chi connectivity index (χ4n) is 1.59. The van der Waals surface area contributed by atoms with Crippen LogP contribution in [0.1, 0.15) is 60.6 Å². The average molecular weight is 298 g/mol. The lowest BCUT2D eigenvalue weighted by Crippen LogP contribution is -2.35. The first-order valence-electron chi connectivity index (χ1n) is 7.02. The van der Waals surface area contributed by atoms with Gasteiger partial charge in [0, 0.05) is 16.7 Å². The lowest BCUT2D eigenvalue weighted by Gasteiger charge is -2.25. The monoisotopic (exact) mass is 298 g/mol. The van der Waals surface area contributed by atoms with Crippen LogP contribution < -0.4 is 5.32 Å². The number of rotatable bonds is 5. The Kier molecular flexibility index (Phi) is 5.30. The summed E-state index contributed by atoms with van der Waals surface area (Å²) in [5.41, 5.74) is 0.744. The van der Waals surface area contributed by atoms with Crippen LogP contribution in [0.25, 0.3) is 0 Å². The second-order valence-electron chi connectivity index (χ2n) is 6.63. The van der Waals surface area contributed by atoms with Gasteiger partial charge in [-0.2, -0.15) is 0 Å². The first kappa shape index (κ1) is 17.1. The molecule has 5 heteroatoms. The van der Waals surface area contributed by atoms with Gasteiger partial charge in [0.2, 0.25) is 11.8 Å². The second kappa shape index (κ2) is 6.20. The van der Waals surface area contributed by atoms with Gasteiger partial charge in [-0.15, -0.1) is 11.8 Å². The minimum atomic E-state index is -0.496. The Bertz CT molecular complexity index is 461. The van der Waals surface area contributed by atoms with E-state index in [2.05, 4.69) is 45.1 Å². The van der Waals surface area contributed by atoms with Crippen LogP contribution in [0.5, 0.6) is 0 Å². The molecule has 20 heavy (non-hydrogen) atoms. The third-order valence-electron chi connectivity index (χ3n) is 3.13. The first-order chi connectivity index (χ1) is 9.06. The number of nitrogens with one attached hydrogen (secondary N) is 1. The zero-order chi connectivity index (χ0) is 15.6. The van der Waals surface area contributed by atoms with E-state index < -0.39 is 4.75 Å². The van der Waals surface area contributed by atoms with Crippen LogP contribution in [0.2, 0.25) is 0 Å². The van der Waals surface area contributed by atoms with Gasteiger partial charge < -0.3 is 4.52 Å². The molecule has 1 N–H and O–H groups in total. The van der Waals surface area contributed by atoms with Crippen molar-refractivity contribution >= 4 is 23.6 Å². The minimum absolute atomic E-state index is 0.0561. The maximum atomic E-state index is 12.3. The van der Waals surface area contributed by atoms with Crippen LogP contribution in [0.4, 0.5) is 5.88 Å². The minimum Gasteiger partial charge on any atom is -0.338 e. The fourth-order valence-corrected chi connectivity index (χ4v) is 2.92. The summed E-state index contributed by atoms with van der Waals surface area (Å²) in [5.74, 6) is 0.358. The highest BCUT2D eigenvalue weighted by molar-refractivity contribution is 8.01. The van der Waals surface area contributed by atoms with Gasteiger partial charge in [-0.05, 0) is 20.3 Å². The van der Waals surface area contributed by atoms with Crippen LogP contribution in [-0.4, -0.2) is 21.1 Å². The molecule has 1 amide bonds. The molecule has 0 bridgehead atoms. The van der Waals surface area contributed by atoms with Crippen molar-refractivity contribution in [3.63, 3.8) is 0 Å². The van der Waals surface area contributed by atoms with E-state index in [4.69, 9.17) is 4.52 Å². The van der Waals surface area contributed by atoms with Gasteiger partial charge in [-0.25, -0.2) is 0 Å². The van der Waals surface area contributed by atoms with Crippen molar-refractivity contribution in [3.8, 4) is 0 Å². The van der Waals surface area contributed by atoms with E-state index in [1.54, 1.807) is 17.8 Å². The first-order valence-corrected chi connectivity index (χ1v) is 7.90. The van der Waals surface area contributed by atoms with Gasteiger partial charge in [-0.3, -0.25) is 10.1 Å². The Balaban J connectivity index is 2.73. The molecule has 1 rings (SSSR count). The Morgan fingerprint density at radius 1 is 1.40 bits per heavy atom. The second-order valence-corrected chi connectivity index (χ2v) is 8.69. The molecule has 0 spiro atoms. The molecule has 4 nitrogen and oxygen atoms in total. The van der Waals surface area contributed by atoms with Crippen LogP contribution in [0, 0.1) is 0 Å². The molecule has 1 heterocycles. The predicted octanol–water partition coefficient (Wildman–Crippen LogP) is 4.22. The van der Waals surface area contributed by atoms with Crippen LogP contribution in [-0.2, 0) is 10.2 Å². The summed E-state index contributed by atoms with van der Waals surface area (Å²) in [6.07, 6.45) is 1.04. The number of hydrogen-bond acceptors (Lipinski definition) is 4. The van der Waals surface area contributed by atoms with Gasteiger partial charge in [0.05, 0.1) is 10.4 Å². The highest BCUT2D eigenvalue weighted by Crippen LogP contribution is 2.32. The van der Waals surface area contributed by atoms with E-state index in [1.807, 2.05) is 13.8 Å². The number of carbonyl (C=O) groups is 1. The molecule has 114 valence electrons. The largest absolute Gasteiger partial charge is 0.338 e. The van der Waals surface area contributed by atoms with Gasteiger partial charge in [0.15, 0.2) is 0 Å². The molecule has 0 aromatic carbocycles. The lowest BCUT2D eigenvalue weighted by atomic mass is 9.92. The predicted molar refractivity (Wildman–Crippen MR) is 85.3 cm³/mol. The summed E-state index contributed by atoms with van der Waals surface area (Å²) in [6.45, 7) is 14.3. The van der Waals surface area contributed by atoms with Crippen molar-refractivity contribution in [2.45, 2.75) is 70.3 Å². The molecule has 0 saturated carbocycles. The third-order valence-corrected chi connectivity index (χ3v) is 4.64. The van der Waals surface area contributed by atoms with Crippen molar-refractivity contribution in [3.05, 3.63) is 11.8 Å². The van der Waals surface area contributed by atoms with E-state index in [0.29, 0.717) is 11.1 Å². The number of hydrogen-bond donors (Lipinski definition) is 1. The Labute approximate surface area is 126 Å². The summed E-state index contributed by atoms with van der Waals surface area (Å²) < 4.78 is 4.70.